The van der Waals surface area contributed by atoms with Gasteiger partial charge in [-0.3, -0.25) is 4.57 Å². The highest BCUT2D eigenvalue weighted by atomic mass is 79.9. The summed E-state index contributed by atoms with van der Waals surface area (Å²) in [5.74, 6) is 0. The van der Waals surface area contributed by atoms with Crippen LogP contribution in [0.5, 0.6) is 0 Å². The van der Waals surface area contributed by atoms with Crippen molar-refractivity contribution in [3.8, 4) is 0 Å². The van der Waals surface area contributed by atoms with Crippen LogP contribution in [0.25, 0.3) is 10.9 Å². The van der Waals surface area contributed by atoms with E-state index in [1.54, 1.807) is 18.2 Å². The van der Waals surface area contributed by atoms with Crippen LogP contribution >= 0.6 is 15.9 Å². The third-order valence-corrected chi connectivity index (χ3v) is 2.54. The second-order valence-electron chi connectivity index (χ2n) is 2.68. The minimum absolute atomic E-state index is 0.539. The fourth-order valence-electron chi connectivity index (χ4n) is 1.34. The van der Waals surface area contributed by atoms with Crippen molar-refractivity contribution in [2.24, 2.45) is 0 Å². The Morgan fingerprint density at radius 2 is 2.00 bits per heavy atom. The Morgan fingerprint density at radius 3 is 2.69 bits per heavy atom. The van der Waals surface area contributed by atoms with Crippen LogP contribution in [-0.2, 0) is 0 Å². The largest absolute Gasteiger partial charge is 0.319 e. The molecule has 68 valence electrons. The van der Waals surface area contributed by atoms with E-state index in [-0.39, 0.29) is 0 Å². The van der Waals surface area contributed by atoms with Crippen molar-refractivity contribution in [3.63, 3.8) is 0 Å². The summed E-state index contributed by atoms with van der Waals surface area (Å²) >= 11 is 3.24. The first kappa shape index (κ1) is 8.69. The Balaban J connectivity index is 2.79. The van der Waals surface area contributed by atoms with Crippen LogP contribution in [-0.4, -0.2) is 4.57 Å². The molecule has 1 aromatic heterocycles. The van der Waals surface area contributed by atoms with E-state index in [9.17, 15) is 8.78 Å². The van der Waals surface area contributed by atoms with E-state index in [1.807, 2.05) is 6.07 Å². The summed E-state index contributed by atoms with van der Waals surface area (Å²) in [6, 6.07) is 7.05. The van der Waals surface area contributed by atoms with Crippen molar-refractivity contribution in [3.05, 3.63) is 34.9 Å². The molecule has 0 saturated carbocycles. The standard InChI is InChI=1S/C9H6BrF2N/c10-7-3-1-2-6-4-5-13(8(6)7)9(11)12/h1-5,9H. The maximum atomic E-state index is 12.5. The average molecular weight is 246 g/mol. The number of rotatable bonds is 1. The Kier molecular flexibility index (Phi) is 2.07. The van der Waals surface area contributed by atoms with Gasteiger partial charge in [-0.25, -0.2) is 0 Å². The van der Waals surface area contributed by atoms with E-state index >= 15 is 0 Å². The number of alkyl halides is 2. The number of benzene rings is 1. The number of para-hydroxylation sites is 1. The van der Waals surface area contributed by atoms with Crippen molar-refractivity contribution in [1.82, 2.24) is 4.57 Å². The maximum absolute atomic E-state index is 12.5. The molecule has 1 heterocycles. The molecule has 0 N–H and O–H groups in total. The summed E-state index contributed by atoms with van der Waals surface area (Å²) in [4.78, 5) is 0. The van der Waals surface area contributed by atoms with Gasteiger partial charge in [-0.15, -0.1) is 0 Å². The van der Waals surface area contributed by atoms with Gasteiger partial charge < -0.3 is 0 Å². The first-order valence-corrected chi connectivity index (χ1v) is 4.52. The van der Waals surface area contributed by atoms with Crippen LogP contribution in [0.2, 0.25) is 0 Å². The molecular formula is C9H6BrF2N. The van der Waals surface area contributed by atoms with Crippen LogP contribution in [0.3, 0.4) is 0 Å². The van der Waals surface area contributed by atoms with Gasteiger partial charge >= 0.3 is 6.55 Å². The van der Waals surface area contributed by atoms with Crippen LogP contribution in [0.1, 0.15) is 6.55 Å². The van der Waals surface area contributed by atoms with Crippen molar-refractivity contribution in [2.45, 2.75) is 6.55 Å². The summed E-state index contributed by atoms with van der Waals surface area (Å²) in [5, 5.41) is 0.815. The first-order valence-electron chi connectivity index (χ1n) is 3.73. The van der Waals surface area contributed by atoms with Gasteiger partial charge in [0, 0.05) is 16.1 Å². The molecule has 1 nitrogen and oxygen atoms in total. The van der Waals surface area contributed by atoms with Gasteiger partial charge in [-0.2, -0.15) is 8.78 Å². The number of halogens is 3. The number of aromatic nitrogens is 1. The quantitative estimate of drug-likeness (QED) is 0.721. The summed E-state index contributed by atoms with van der Waals surface area (Å²) < 4.78 is 26.5. The van der Waals surface area contributed by atoms with Gasteiger partial charge in [0.15, 0.2) is 0 Å². The zero-order chi connectivity index (χ0) is 9.42. The molecule has 0 radical (unpaired) electrons. The van der Waals surface area contributed by atoms with Crippen LogP contribution in [0.4, 0.5) is 8.78 Å². The SMILES string of the molecule is FC(F)n1ccc2cccc(Br)c21. The molecule has 0 saturated heterocycles. The molecule has 0 atom stereocenters. The summed E-state index contributed by atoms with van der Waals surface area (Å²) in [7, 11) is 0. The third-order valence-electron chi connectivity index (χ3n) is 1.90. The van der Waals surface area contributed by atoms with Gasteiger partial charge in [0.05, 0.1) is 5.52 Å². The molecule has 0 unspecified atom stereocenters. The van der Waals surface area contributed by atoms with E-state index in [2.05, 4.69) is 15.9 Å². The second-order valence-corrected chi connectivity index (χ2v) is 3.53. The van der Waals surface area contributed by atoms with Crippen molar-refractivity contribution >= 4 is 26.8 Å². The average Bonchev–Trinajstić information content (AvgIpc) is 2.49. The predicted octanol–water partition coefficient (Wildman–Crippen LogP) is 3.80. The summed E-state index contributed by atoms with van der Waals surface area (Å²) in [6.07, 6.45) is 1.39. The van der Waals surface area contributed by atoms with E-state index in [1.165, 1.54) is 6.20 Å². The highest BCUT2D eigenvalue weighted by Crippen LogP contribution is 2.28. The molecule has 0 amide bonds. The lowest BCUT2D eigenvalue weighted by Crippen LogP contribution is -1.95. The lowest BCUT2D eigenvalue weighted by molar-refractivity contribution is 0.0751. The molecule has 0 fully saturated rings. The predicted molar refractivity (Wildman–Crippen MR) is 50.9 cm³/mol. The first-order chi connectivity index (χ1) is 6.20. The second kappa shape index (κ2) is 3.10. The molecule has 0 aliphatic rings. The molecule has 0 aliphatic heterocycles. The van der Waals surface area contributed by atoms with Gasteiger partial charge in [-0.1, -0.05) is 12.1 Å². The number of hydrogen-bond donors (Lipinski definition) is 0. The maximum Gasteiger partial charge on any atom is 0.319 e. The molecule has 2 aromatic rings. The number of hydrogen-bond acceptors (Lipinski definition) is 0. The van der Waals surface area contributed by atoms with Crippen LogP contribution < -0.4 is 0 Å². The summed E-state index contributed by atoms with van der Waals surface area (Å²) in [5.41, 5.74) is 0.539. The minimum Gasteiger partial charge on any atom is -0.290 e. The Morgan fingerprint density at radius 1 is 1.23 bits per heavy atom. The molecular weight excluding hydrogens is 240 g/mol. The molecule has 4 heteroatoms. The Hall–Kier alpha value is -0.900. The normalized spacial score (nSPS) is 11.4. The van der Waals surface area contributed by atoms with Crippen LogP contribution in [0, 0.1) is 0 Å². The van der Waals surface area contributed by atoms with E-state index in [0.29, 0.717) is 9.99 Å². The van der Waals surface area contributed by atoms with Gasteiger partial charge in [0.25, 0.3) is 0 Å². The molecule has 13 heavy (non-hydrogen) atoms. The monoisotopic (exact) mass is 245 g/mol. The lowest BCUT2D eigenvalue weighted by Gasteiger charge is -2.04. The molecule has 0 spiro atoms. The van der Waals surface area contributed by atoms with Crippen molar-refractivity contribution in [1.29, 1.82) is 0 Å². The van der Waals surface area contributed by atoms with E-state index in [0.717, 1.165) is 9.95 Å². The lowest BCUT2D eigenvalue weighted by atomic mass is 10.2. The molecule has 0 bridgehead atoms. The van der Waals surface area contributed by atoms with Crippen molar-refractivity contribution in [2.75, 3.05) is 0 Å². The third kappa shape index (κ3) is 1.35. The highest BCUT2D eigenvalue weighted by Gasteiger charge is 2.10. The Labute approximate surface area is 82.1 Å². The molecule has 2 rings (SSSR count). The van der Waals surface area contributed by atoms with E-state index in [4.69, 9.17) is 0 Å². The number of nitrogens with zero attached hydrogens (tertiary/aromatic N) is 1. The van der Waals surface area contributed by atoms with Gasteiger partial charge in [0.1, 0.15) is 0 Å². The summed E-state index contributed by atoms with van der Waals surface area (Å²) in [6.45, 7) is -2.49. The highest BCUT2D eigenvalue weighted by molar-refractivity contribution is 9.10. The Bertz CT molecular complexity index is 436. The van der Waals surface area contributed by atoms with E-state index < -0.39 is 6.55 Å². The topological polar surface area (TPSA) is 4.93 Å². The number of fused-ring (bicyclic) bond motifs is 1. The fraction of sp³-hybridized carbons (Fsp3) is 0.111. The minimum atomic E-state index is -2.49. The van der Waals surface area contributed by atoms with Gasteiger partial charge in [-0.05, 0) is 28.1 Å². The smallest absolute Gasteiger partial charge is 0.290 e. The fourth-order valence-corrected chi connectivity index (χ4v) is 1.92. The molecule has 0 aliphatic carbocycles. The van der Waals surface area contributed by atoms with Crippen molar-refractivity contribution < 1.29 is 8.78 Å². The molecule has 1 aromatic carbocycles. The van der Waals surface area contributed by atoms with Gasteiger partial charge in [0.2, 0.25) is 0 Å². The zero-order valence-electron chi connectivity index (χ0n) is 6.55. The zero-order valence-corrected chi connectivity index (χ0v) is 8.13. The van der Waals surface area contributed by atoms with Crippen LogP contribution in [0.15, 0.2) is 34.9 Å².